The van der Waals surface area contributed by atoms with Crippen molar-refractivity contribution in [2.75, 3.05) is 0 Å². The largest absolute Gasteiger partial charge is 0.456 e. The molecule has 12 rings (SSSR count). The van der Waals surface area contributed by atoms with Crippen LogP contribution in [0.1, 0.15) is 0 Å². The molecule has 0 aliphatic carbocycles. The second-order valence-electron chi connectivity index (χ2n) is 15.9. The lowest BCUT2D eigenvalue weighted by Gasteiger charge is -2.16. The van der Waals surface area contributed by atoms with Gasteiger partial charge in [-0.25, -0.2) is 15.0 Å². The first kappa shape index (κ1) is 36.4. The van der Waals surface area contributed by atoms with Crippen molar-refractivity contribution >= 4 is 43.6 Å². The number of benzene rings is 9. The highest BCUT2D eigenvalue weighted by atomic mass is 16.3. The van der Waals surface area contributed by atoms with Gasteiger partial charge < -0.3 is 4.42 Å². The molecule has 4 nitrogen and oxygen atoms in total. The Balaban J connectivity index is 1.000. The highest BCUT2D eigenvalue weighted by Gasteiger charge is 2.22. The van der Waals surface area contributed by atoms with Gasteiger partial charge in [0.1, 0.15) is 11.2 Å². The number of hydrogen-bond acceptors (Lipinski definition) is 4. The van der Waals surface area contributed by atoms with Crippen molar-refractivity contribution in [3.63, 3.8) is 0 Å². The molecule has 0 aliphatic rings. The van der Waals surface area contributed by atoms with Crippen LogP contribution in [0.15, 0.2) is 229 Å². The van der Waals surface area contributed by atoms with E-state index in [1.54, 1.807) is 0 Å². The maximum atomic E-state index is 6.63. The number of rotatable bonds is 7. The molecule has 0 aliphatic heterocycles. The molecule has 0 radical (unpaired) electrons. The van der Waals surface area contributed by atoms with E-state index < -0.39 is 0 Å². The second kappa shape index (κ2) is 15.2. The minimum absolute atomic E-state index is 0.676. The highest BCUT2D eigenvalue weighted by Crippen LogP contribution is 2.46. The Hall–Kier alpha value is -8.47. The molecule has 0 saturated heterocycles. The summed E-state index contributed by atoms with van der Waals surface area (Å²) in [6, 6.07) is 78.5. The van der Waals surface area contributed by atoms with Crippen molar-refractivity contribution in [3.05, 3.63) is 224 Å². The number of aromatic nitrogens is 3. The average molecular weight is 804 g/mol. The van der Waals surface area contributed by atoms with Crippen LogP contribution in [-0.4, -0.2) is 15.0 Å². The molecule has 0 saturated carbocycles. The number of hydrogen-bond donors (Lipinski definition) is 0. The van der Waals surface area contributed by atoms with Gasteiger partial charge in [-0.1, -0.05) is 188 Å². The Morgan fingerprint density at radius 2 is 0.810 bits per heavy atom. The summed E-state index contributed by atoms with van der Waals surface area (Å²) in [5, 5.41) is 5.52. The van der Waals surface area contributed by atoms with Crippen LogP contribution >= 0.6 is 0 Å². The van der Waals surface area contributed by atoms with Gasteiger partial charge in [-0.3, -0.25) is 0 Å². The fourth-order valence-electron chi connectivity index (χ4n) is 9.06. The van der Waals surface area contributed by atoms with Crippen molar-refractivity contribution < 1.29 is 4.42 Å². The smallest absolute Gasteiger partial charge is 0.160 e. The summed E-state index contributed by atoms with van der Waals surface area (Å²) in [6.07, 6.45) is 0. The number of fused-ring (bicyclic) bond motifs is 6. The third-order valence-electron chi connectivity index (χ3n) is 12.1. The third-order valence-corrected chi connectivity index (χ3v) is 12.1. The molecule has 3 aromatic heterocycles. The quantitative estimate of drug-likeness (QED) is 0.151. The zero-order valence-electron chi connectivity index (χ0n) is 34.1. The maximum Gasteiger partial charge on any atom is 0.160 e. The van der Waals surface area contributed by atoms with E-state index in [1.807, 2.05) is 24.3 Å². The van der Waals surface area contributed by atoms with Gasteiger partial charge in [0.2, 0.25) is 0 Å². The molecular weight excluding hydrogens is 767 g/mol. The van der Waals surface area contributed by atoms with Gasteiger partial charge in [-0.2, -0.15) is 0 Å². The minimum atomic E-state index is 0.676. The van der Waals surface area contributed by atoms with E-state index in [4.69, 9.17) is 19.4 Å². The molecular formula is C59H37N3O. The zero-order chi connectivity index (χ0) is 41.7. The van der Waals surface area contributed by atoms with Crippen LogP contribution in [0.25, 0.3) is 122 Å². The zero-order valence-corrected chi connectivity index (χ0v) is 34.1. The summed E-state index contributed by atoms with van der Waals surface area (Å²) >= 11 is 0. The molecule has 0 spiro atoms. The van der Waals surface area contributed by atoms with E-state index in [1.165, 1.54) is 5.56 Å². The Bertz CT molecular complexity index is 3650. The van der Waals surface area contributed by atoms with E-state index in [0.717, 1.165) is 111 Å². The SMILES string of the molecule is c1ccc(-c2cccc(-c3cc(-c4ccccc4)nc(-c4cccc(-c5ccc(-c6c7c(cc8c(-c9ccccc9)nc9ccccc9c68)oc6ccccc67)cc5)c4)n3)c2)cc1. The normalized spacial score (nSPS) is 11.5. The Kier molecular flexibility index (Phi) is 8.79. The topological polar surface area (TPSA) is 51.8 Å². The first-order valence-electron chi connectivity index (χ1n) is 21.3. The lowest BCUT2D eigenvalue weighted by Crippen LogP contribution is -1.96. The summed E-state index contributed by atoms with van der Waals surface area (Å²) in [5.74, 6) is 0.676. The summed E-state index contributed by atoms with van der Waals surface area (Å²) in [4.78, 5) is 15.7. The predicted octanol–water partition coefficient (Wildman–Crippen LogP) is 15.7. The molecule has 3 heterocycles. The van der Waals surface area contributed by atoms with Crippen LogP contribution in [0.5, 0.6) is 0 Å². The van der Waals surface area contributed by atoms with E-state index >= 15 is 0 Å². The lowest BCUT2D eigenvalue weighted by atomic mass is 9.89. The first-order valence-corrected chi connectivity index (χ1v) is 21.3. The number of nitrogens with zero attached hydrogens (tertiary/aromatic N) is 3. The van der Waals surface area contributed by atoms with Crippen LogP contribution in [0, 0.1) is 0 Å². The van der Waals surface area contributed by atoms with E-state index in [9.17, 15) is 0 Å². The second-order valence-corrected chi connectivity index (χ2v) is 15.9. The molecule has 0 N–H and O–H groups in total. The molecule has 0 bridgehead atoms. The van der Waals surface area contributed by atoms with Crippen LogP contribution in [0.4, 0.5) is 0 Å². The molecule has 12 aromatic rings. The average Bonchev–Trinajstić information content (AvgIpc) is 3.74. The van der Waals surface area contributed by atoms with Crippen molar-refractivity contribution in [3.8, 4) is 78.5 Å². The van der Waals surface area contributed by atoms with Crippen molar-refractivity contribution in [1.29, 1.82) is 0 Å². The van der Waals surface area contributed by atoms with Crippen molar-refractivity contribution in [2.24, 2.45) is 0 Å². The Morgan fingerprint density at radius 1 is 0.286 bits per heavy atom. The van der Waals surface area contributed by atoms with Gasteiger partial charge in [0, 0.05) is 54.7 Å². The van der Waals surface area contributed by atoms with Crippen molar-refractivity contribution in [1.82, 2.24) is 15.0 Å². The third kappa shape index (κ3) is 6.53. The first-order chi connectivity index (χ1) is 31.2. The van der Waals surface area contributed by atoms with Gasteiger partial charge in [-0.15, -0.1) is 0 Å². The minimum Gasteiger partial charge on any atom is -0.456 e. The van der Waals surface area contributed by atoms with Gasteiger partial charge in [0.05, 0.1) is 22.6 Å². The summed E-state index contributed by atoms with van der Waals surface area (Å²) in [6.45, 7) is 0. The van der Waals surface area contributed by atoms with Crippen LogP contribution in [-0.2, 0) is 0 Å². The Morgan fingerprint density at radius 3 is 1.54 bits per heavy atom. The van der Waals surface area contributed by atoms with E-state index in [2.05, 4.69) is 200 Å². The summed E-state index contributed by atoms with van der Waals surface area (Å²) in [5.41, 5.74) is 16.2. The molecule has 294 valence electrons. The van der Waals surface area contributed by atoms with Gasteiger partial charge >= 0.3 is 0 Å². The number of furan rings is 1. The molecule has 0 atom stereocenters. The Labute approximate surface area is 364 Å². The molecule has 0 unspecified atom stereocenters. The standard InChI is InChI=1S/C59H37N3O/c1-4-16-38(17-5-1)43-22-14-24-45(34-43)52-37-51(40-18-6-2-7-19-40)61-59(62-52)46-25-15-23-44(35-46)39-30-32-41(33-31-39)55-56-47-26-10-12-28-50(47)60-58(42-20-8-3-9-21-42)49(56)36-54-57(55)48-27-11-13-29-53(48)63-54/h1-37H. The number of pyridine rings is 1. The predicted molar refractivity (Wildman–Crippen MR) is 260 cm³/mol. The maximum absolute atomic E-state index is 6.63. The highest BCUT2D eigenvalue weighted by molar-refractivity contribution is 6.27. The summed E-state index contributed by atoms with van der Waals surface area (Å²) < 4.78 is 6.63. The summed E-state index contributed by atoms with van der Waals surface area (Å²) in [7, 11) is 0. The molecule has 4 heteroatoms. The van der Waals surface area contributed by atoms with Gasteiger partial charge in [0.25, 0.3) is 0 Å². The van der Waals surface area contributed by atoms with E-state index in [-0.39, 0.29) is 0 Å². The number of para-hydroxylation sites is 2. The van der Waals surface area contributed by atoms with Gasteiger partial charge in [-0.05, 0) is 64.2 Å². The molecule has 0 fully saturated rings. The van der Waals surface area contributed by atoms with Gasteiger partial charge in [0.15, 0.2) is 5.82 Å². The molecule has 63 heavy (non-hydrogen) atoms. The molecule has 0 amide bonds. The fraction of sp³-hybridized carbons (Fsp3) is 0. The van der Waals surface area contributed by atoms with Crippen molar-refractivity contribution in [2.45, 2.75) is 0 Å². The van der Waals surface area contributed by atoms with Crippen LogP contribution in [0.3, 0.4) is 0 Å². The van der Waals surface area contributed by atoms with E-state index in [0.29, 0.717) is 5.82 Å². The monoisotopic (exact) mass is 803 g/mol. The molecule has 9 aromatic carbocycles. The fourth-order valence-corrected chi connectivity index (χ4v) is 9.06. The van der Waals surface area contributed by atoms with Crippen LogP contribution in [0.2, 0.25) is 0 Å². The van der Waals surface area contributed by atoms with Crippen LogP contribution < -0.4 is 0 Å². The lowest BCUT2D eigenvalue weighted by molar-refractivity contribution is 0.669.